The molecule has 0 atom stereocenters. The fourth-order valence-electron chi connectivity index (χ4n) is 4.31. The number of benzene rings is 1. The molecule has 4 heterocycles. The van der Waals surface area contributed by atoms with Crippen molar-refractivity contribution in [2.24, 2.45) is 5.92 Å². The highest BCUT2D eigenvalue weighted by atomic mass is 32.1. The molecule has 5 rings (SSSR count). The van der Waals surface area contributed by atoms with Gasteiger partial charge in [0.05, 0.1) is 0 Å². The highest BCUT2D eigenvalue weighted by molar-refractivity contribution is 7.21. The van der Waals surface area contributed by atoms with Crippen molar-refractivity contribution in [3.63, 3.8) is 0 Å². The molecule has 1 aromatic carbocycles. The molecule has 2 aromatic heterocycles. The number of nitrogens with zero attached hydrogens (tertiary/aromatic N) is 5. The number of halogens is 1. The number of hydrogen-bond donors (Lipinski definition) is 0. The van der Waals surface area contributed by atoms with E-state index in [1.165, 1.54) is 12.1 Å². The van der Waals surface area contributed by atoms with Crippen LogP contribution in [0.3, 0.4) is 0 Å². The van der Waals surface area contributed by atoms with Crippen molar-refractivity contribution in [2.45, 2.75) is 12.8 Å². The number of rotatable bonds is 3. The lowest BCUT2D eigenvalue weighted by Gasteiger charge is -2.39. The predicted octanol–water partition coefficient (Wildman–Crippen LogP) is 3.40. The maximum Gasteiger partial charge on any atom is 0.225 e. The number of piperazine rings is 1. The standard InChI is InChI=1S/C22H24FN5OS/c23-17-3-5-18(6-4-17)26-12-14-27(15-13-26)21(29)16-7-10-28(11-8-16)22-25-19-2-1-9-24-20(19)30-22/h1-6,9,16H,7-8,10-15H2. The Hall–Kier alpha value is -2.74. The number of thiazole rings is 1. The number of hydrogen-bond acceptors (Lipinski definition) is 6. The van der Waals surface area contributed by atoms with Crippen LogP contribution in [0.1, 0.15) is 12.8 Å². The molecule has 8 heteroatoms. The normalized spacial score (nSPS) is 18.2. The number of amides is 1. The van der Waals surface area contributed by atoms with Crippen molar-refractivity contribution >= 4 is 38.4 Å². The van der Waals surface area contributed by atoms with Crippen molar-refractivity contribution in [1.29, 1.82) is 0 Å². The lowest BCUT2D eigenvalue weighted by molar-refractivity contribution is -0.136. The number of piperidine rings is 1. The van der Waals surface area contributed by atoms with Gasteiger partial charge in [0.15, 0.2) is 5.13 Å². The first-order chi connectivity index (χ1) is 14.7. The zero-order chi connectivity index (χ0) is 20.5. The molecule has 3 aromatic rings. The second-order valence-electron chi connectivity index (χ2n) is 7.87. The quantitative estimate of drug-likeness (QED) is 0.644. The van der Waals surface area contributed by atoms with E-state index < -0.39 is 0 Å². The van der Waals surface area contributed by atoms with Crippen molar-refractivity contribution < 1.29 is 9.18 Å². The van der Waals surface area contributed by atoms with Crippen molar-refractivity contribution in [1.82, 2.24) is 14.9 Å². The van der Waals surface area contributed by atoms with Crippen LogP contribution in [0, 0.1) is 11.7 Å². The fraction of sp³-hybridized carbons (Fsp3) is 0.409. The maximum atomic E-state index is 13.1. The second kappa shape index (κ2) is 8.18. The van der Waals surface area contributed by atoms with Crippen LogP contribution < -0.4 is 9.80 Å². The fourth-order valence-corrected chi connectivity index (χ4v) is 5.27. The Kier molecular flexibility index (Phi) is 5.25. The zero-order valence-corrected chi connectivity index (χ0v) is 17.5. The predicted molar refractivity (Wildman–Crippen MR) is 118 cm³/mol. The van der Waals surface area contributed by atoms with E-state index in [9.17, 15) is 9.18 Å². The molecule has 0 spiro atoms. The van der Waals surface area contributed by atoms with Gasteiger partial charge in [-0.1, -0.05) is 11.3 Å². The molecule has 0 unspecified atom stereocenters. The molecule has 0 aliphatic carbocycles. The van der Waals surface area contributed by atoms with Gasteiger partial charge in [-0.05, 0) is 49.2 Å². The van der Waals surface area contributed by atoms with Crippen LogP contribution in [0.4, 0.5) is 15.2 Å². The van der Waals surface area contributed by atoms with Crippen molar-refractivity contribution in [3.05, 3.63) is 48.4 Å². The summed E-state index contributed by atoms with van der Waals surface area (Å²) in [6.07, 6.45) is 3.52. The van der Waals surface area contributed by atoms with Gasteiger partial charge in [-0.25, -0.2) is 14.4 Å². The van der Waals surface area contributed by atoms with Crippen LogP contribution in [-0.2, 0) is 4.79 Å². The van der Waals surface area contributed by atoms with Crippen LogP contribution in [0.25, 0.3) is 10.3 Å². The van der Waals surface area contributed by atoms with E-state index in [4.69, 9.17) is 4.98 Å². The number of pyridine rings is 1. The van der Waals surface area contributed by atoms with Gasteiger partial charge < -0.3 is 14.7 Å². The van der Waals surface area contributed by atoms with E-state index >= 15 is 0 Å². The largest absolute Gasteiger partial charge is 0.368 e. The molecule has 2 aliphatic rings. The number of carbonyl (C=O) groups is 1. The van der Waals surface area contributed by atoms with Gasteiger partial charge in [-0.15, -0.1) is 0 Å². The topological polar surface area (TPSA) is 52.6 Å². The third-order valence-corrected chi connectivity index (χ3v) is 7.09. The van der Waals surface area contributed by atoms with Crippen LogP contribution in [0.5, 0.6) is 0 Å². The summed E-state index contributed by atoms with van der Waals surface area (Å²) in [4.78, 5) is 29.6. The molecular formula is C22H24FN5OS. The van der Waals surface area contributed by atoms with Gasteiger partial charge in [0, 0.05) is 57.1 Å². The molecule has 0 saturated carbocycles. The summed E-state index contributed by atoms with van der Waals surface area (Å²) in [5.41, 5.74) is 1.96. The van der Waals surface area contributed by atoms with Crippen molar-refractivity contribution in [3.8, 4) is 0 Å². The summed E-state index contributed by atoms with van der Waals surface area (Å²) in [6, 6.07) is 10.5. The molecule has 2 saturated heterocycles. The van der Waals surface area contributed by atoms with E-state index in [0.717, 1.165) is 73.3 Å². The lowest BCUT2D eigenvalue weighted by Crippen LogP contribution is -2.51. The van der Waals surface area contributed by atoms with E-state index in [1.54, 1.807) is 29.7 Å². The summed E-state index contributed by atoms with van der Waals surface area (Å²) in [7, 11) is 0. The molecule has 0 bridgehead atoms. The SMILES string of the molecule is O=C(C1CCN(c2nc3cccnc3s2)CC1)N1CCN(c2ccc(F)cc2)CC1. The van der Waals surface area contributed by atoms with Gasteiger partial charge in [0.25, 0.3) is 0 Å². The Balaban J connectivity index is 1.15. The average molecular weight is 426 g/mol. The molecular weight excluding hydrogens is 401 g/mol. The summed E-state index contributed by atoms with van der Waals surface area (Å²) < 4.78 is 13.1. The van der Waals surface area contributed by atoms with Gasteiger partial charge >= 0.3 is 0 Å². The third kappa shape index (κ3) is 3.84. The first kappa shape index (κ1) is 19.2. The van der Waals surface area contributed by atoms with E-state index in [1.807, 2.05) is 17.0 Å². The van der Waals surface area contributed by atoms with E-state index in [2.05, 4.69) is 14.8 Å². The van der Waals surface area contributed by atoms with Crippen molar-refractivity contribution in [2.75, 3.05) is 49.1 Å². The monoisotopic (exact) mass is 425 g/mol. The van der Waals surface area contributed by atoms with Crippen LogP contribution in [-0.4, -0.2) is 60.0 Å². The number of anilines is 2. The Labute approximate surface area is 178 Å². The van der Waals surface area contributed by atoms with Crippen LogP contribution >= 0.6 is 11.3 Å². The smallest absolute Gasteiger partial charge is 0.225 e. The highest BCUT2D eigenvalue weighted by Gasteiger charge is 2.31. The number of fused-ring (bicyclic) bond motifs is 1. The molecule has 2 aliphatic heterocycles. The summed E-state index contributed by atoms with van der Waals surface area (Å²) >= 11 is 1.62. The first-order valence-corrected chi connectivity index (χ1v) is 11.2. The zero-order valence-electron chi connectivity index (χ0n) is 16.7. The molecule has 6 nitrogen and oxygen atoms in total. The van der Waals surface area contributed by atoms with E-state index in [-0.39, 0.29) is 17.6 Å². The van der Waals surface area contributed by atoms with Gasteiger partial charge in [0.2, 0.25) is 5.91 Å². The molecule has 1 amide bonds. The number of carbonyl (C=O) groups excluding carboxylic acids is 1. The maximum absolute atomic E-state index is 13.1. The highest BCUT2D eigenvalue weighted by Crippen LogP contribution is 2.31. The molecule has 2 fully saturated rings. The molecule has 156 valence electrons. The molecule has 30 heavy (non-hydrogen) atoms. The average Bonchev–Trinajstić information content (AvgIpc) is 3.24. The third-order valence-electron chi connectivity index (χ3n) is 6.05. The summed E-state index contributed by atoms with van der Waals surface area (Å²) in [6.45, 7) is 4.72. The van der Waals surface area contributed by atoms with E-state index in [0.29, 0.717) is 0 Å². The first-order valence-electron chi connectivity index (χ1n) is 10.4. The lowest BCUT2D eigenvalue weighted by atomic mass is 9.95. The van der Waals surface area contributed by atoms with Crippen LogP contribution in [0.15, 0.2) is 42.6 Å². The number of aromatic nitrogens is 2. The molecule has 0 radical (unpaired) electrons. The minimum Gasteiger partial charge on any atom is -0.368 e. The Morgan fingerprint density at radius 3 is 2.40 bits per heavy atom. The summed E-state index contributed by atoms with van der Waals surface area (Å²) in [5, 5.41) is 1.00. The minimum atomic E-state index is -0.221. The van der Waals surface area contributed by atoms with Gasteiger partial charge in [0.1, 0.15) is 16.2 Å². The summed E-state index contributed by atoms with van der Waals surface area (Å²) in [5.74, 6) is 0.145. The van der Waals surface area contributed by atoms with Gasteiger partial charge in [-0.3, -0.25) is 4.79 Å². The Morgan fingerprint density at radius 1 is 0.967 bits per heavy atom. The Bertz CT molecular complexity index is 990. The van der Waals surface area contributed by atoms with Crippen LogP contribution in [0.2, 0.25) is 0 Å². The molecule has 0 N–H and O–H groups in total. The minimum absolute atomic E-state index is 0.0890. The Morgan fingerprint density at radius 2 is 1.70 bits per heavy atom. The van der Waals surface area contributed by atoms with Gasteiger partial charge in [-0.2, -0.15) is 0 Å². The second-order valence-corrected chi connectivity index (χ2v) is 8.83.